The van der Waals surface area contributed by atoms with Crippen LogP contribution in [-0.4, -0.2) is 34.9 Å². The molecule has 0 fully saturated rings. The van der Waals surface area contributed by atoms with Crippen molar-refractivity contribution in [2.75, 3.05) is 24.7 Å². The van der Waals surface area contributed by atoms with Crippen LogP contribution in [0.1, 0.15) is 18.9 Å². The molecule has 0 aliphatic carbocycles. The smallest absolute Gasteiger partial charge is 0.0550 e. The number of aliphatic hydroxyl groups is 2. The van der Waals surface area contributed by atoms with Crippen LogP contribution >= 0.6 is 27.7 Å². The molecule has 1 aromatic rings. The predicted octanol–water partition coefficient (Wildman–Crippen LogP) is 2.81. The van der Waals surface area contributed by atoms with E-state index in [-0.39, 0.29) is 13.2 Å². The first-order valence-electron chi connectivity index (χ1n) is 5.74. The maximum absolute atomic E-state index is 9.64. The average molecular weight is 319 g/mol. The molecule has 0 unspecified atom stereocenters. The first kappa shape index (κ1) is 15.0. The molecule has 17 heavy (non-hydrogen) atoms. The Balaban J connectivity index is 2.89. The van der Waals surface area contributed by atoms with Crippen LogP contribution in [-0.2, 0) is 5.41 Å². The Hall–Kier alpha value is -0.0300. The number of aliphatic hydroxyl groups excluding tert-OH is 2. The van der Waals surface area contributed by atoms with E-state index in [4.69, 9.17) is 0 Å². The van der Waals surface area contributed by atoms with Gasteiger partial charge in [-0.15, -0.1) is 0 Å². The van der Waals surface area contributed by atoms with E-state index in [1.807, 2.05) is 36.0 Å². The molecule has 2 nitrogen and oxygen atoms in total. The van der Waals surface area contributed by atoms with E-state index >= 15 is 0 Å². The number of thioether (sulfide) groups is 1. The van der Waals surface area contributed by atoms with Gasteiger partial charge in [-0.2, -0.15) is 11.8 Å². The van der Waals surface area contributed by atoms with Crippen molar-refractivity contribution in [2.45, 2.75) is 18.8 Å². The van der Waals surface area contributed by atoms with Crippen molar-refractivity contribution in [3.05, 3.63) is 34.3 Å². The molecule has 96 valence electrons. The topological polar surface area (TPSA) is 40.5 Å². The SMILES string of the molecule is CCSCCC(CO)(CO)c1cccc(Br)c1. The molecule has 2 N–H and O–H groups in total. The van der Waals surface area contributed by atoms with Crippen molar-refractivity contribution in [3.8, 4) is 0 Å². The maximum atomic E-state index is 9.64. The Labute approximate surface area is 116 Å². The molecule has 4 heteroatoms. The van der Waals surface area contributed by atoms with Gasteiger partial charge in [-0.05, 0) is 35.6 Å². The third-order valence-corrected chi connectivity index (χ3v) is 4.37. The molecular formula is C13H19BrO2S. The highest BCUT2D eigenvalue weighted by atomic mass is 79.9. The number of benzene rings is 1. The zero-order chi connectivity index (χ0) is 12.7. The second kappa shape index (κ2) is 7.41. The molecule has 0 amide bonds. The quantitative estimate of drug-likeness (QED) is 0.759. The fraction of sp³-hybridized carbons (Fsp3) is 0.538. The standard InChI is InChI=1S/C13H19BrO2S/c1-2-17-7-6-13(9-15,10-16)11-4-3-5-12(14)8-11/h3-5,8,15-16H,2,6-7,9-10H2,1H3. The number of rotatable bonds is 7. The Bertz CT molecular complexity index is 340. The fourth-order valence-corrected chi connectivity index (χ4v) is 2.99. The van der Waals surface area contributed by atoms with Gasteiger partial charge in [0.05, 0.1) is 13.2 Å². The van der Waals surface area contributed by atoms with Gasteiger partial charge >= 0.3 is 0 Å². The minimum Gasteiger partial charge on any atom is -0.395 e. The predicted molar refractivity (Wildman–Crippen MR) is 77.6 cm³/mol. The van der Waals surface area contributed by atoms with Gasteiger partial charge in [-0.25, -0.2) is 0 Å². The van der Waals surface area contributed by atoms with Crippen LogP contribution in [0.3, 0.4) is 0 Å². The summed E-state index contributed by atoms with van der Waals surface area (Å²) in [5.41, 5.74) is 0.472. The summed E-state index contributed by atoms with van der Waals surface area (Å²) in [5.74, 6) is 2.01. The summed E-state index contributed by atoms with van der Waals surface area (Å²) in [7, 11) is 0. The molecule has 0 bridgehead atoms. The van der Waals surface area contributed by atoms with Gasteiger partial charge < -0.3 is 10.2 Å². The number of hydrogen-bond donors (Lipinski definition) is 2. The van der Waals surface area contributed by atoms with Crippen LogP contribution in [0.4, 0.5) is 0 Å². The molecule has 0 aliphatic heterocycles. The molecule has 0 aliphatic rings. The van der Waals surface area contributed by atoms with E-state index in [1.165, 1.54) is 0 Å². The maximum Gasteiger partial charge on any atom is 0.0550 e. The van der Waals surface area contributed by atoms with E-state index in [9.17, 15) is 10.2 Å². The van der Waals surface area contributed by atoms with Crippen LogP contribution in [0.2, 0.25) is 0 Å². The second-order valence-corrected chi connectivity index (χ2v) is 6.36. The minimum atomic E-state index is -0.522. The zero-order valence-corrected chi connectivity index (χ0v) is 12.4. The Morgan fingerprint density at radius 2 is 2.00 bits per heavy atom. The molecular weight excluding hydrogens is 300 g/mol. The minimum absolute atomic E-state index is 0.0236. The van der Waals surface area contributed by atoms with E-state index in [1.54, 1.807) is 0 Å². The van der Waals surface area contributed by atoms with Crippen molar-refractivity contribution in [1.29, 1.82) is 0 Å². The van der Waals surface area contributed by atoms with E-state index in [2.05, 4.69) is 22.9 Å². The molecule has 0 spiro atoms. The Morgan fingerprint density at radius 3 is 2.53 bits per heavy atom. The third-order valence-electron chi connectivity index (χ3n) is 2.97. The Morgan fingerprint density at radius 1 is 1.29 bits per heavy atom. The van der Waals surface area contributed by atoms with Gasteiger partial charge in [0, 0.05) is 9.89 Å². The van der Waals surface area contributed by atoms with Gasteiger partial charge in [0.25, 0.3) is 0 Å². The molecule has 0 saturated carbocycles. The lowest BCUT2D eigenvalue weighted by Gasteiger charge is -2.30. The lowest BCUT2D eigenvalue weighted by molar-refractivity contribution is 0.114. The highest BCUT2D eigenvalue weighted by Crippen LogP contribution is 2.30. The van der Waals surface area contributed by atoms with Crippen molar-refractivity contribution in [1.82, 2.24) is 0 Å². The summed E-state index contributed by atoms with van der Waals surface area (Å²) in [6.07, 6.45) is 0.787. The summed E-state index contributed by atoms with van der Waals surface area (Å²) in [6.45, 7) is 2.07. The lowest BCUT2D eigenvalue weighted by atomic mass is 9.79. The normalized spacial score (nSPS) is 11.8. The van der Waals surface area contributed by atoms with Crippen molar-refractivity contribution < 1.29 is 10.2 Å². The van der Waals surface area contributed by atoms with Crippen molar-refractivity contribution in [2.24, 2.45) is 0 Å². The molecule has 0 heterocycles. The highest BCUT2D eigenvalue weighted by molar-refractivity contribution is 9.10. The molecule has 1 aromatic carbocycles. The van der Waals surface area contributed by atoms with E-state index < -0.39 is 5.41 Å². The zero-order valence-electron chi connectivity index (χ0n) is 10.0. The summed E-state index contributed by atoms with van der Waals surface area (Å²) in [6, 6.07) is 7.83. The molecule has 0 aromatic heterocycles. The van der Waals surface area contributed by atoms with Gasteiger partial charge in [0.1, 0.15) is 0 Å². The largest absolute Gasteiger partial charge is 0.395 e. The second-order valence-electron chi connectivity index (χ2n) is 4.05. The Kier molecular flexibility index (Phi) is 6.55. The first-order valence-corrected chi connectivity index (χ1v) is 7.69. The molecule has 0 radical (unpaired) electrons. The fourth-order valence-electron chi connectivity index (χ4n) is 1.77. The van der Waals surface area contributed by atoms with Gasteiger partial charge in [-0.3, -0.25) is 0 Å². The number of hydrogen-bond acceptors (Lipinski definition) is 3. The molecule has 0 saturated heterocycles. The summed E-state index contributed by atoms with van der Waals surface area (Å²) < 4.78 is 0.976. The molecule has 0 atom stereocenters. The third kappa shape index (κ3) is 3.98. The average Bonchev–Trinajstić information content (AvgIpc) is 2.35. The number of halogens is 1. The summed E-state index contributed by atoms with van der Waals surface area (Å²) >= 11 is 5.26. The highest BCUT2D eigenvalue weighted by Gasteiger charge is 2.30. The van der Waals surface area contributed by atoms with Gasteiger partial charge in [-0.1, -0.05) is 35.0 Å². The van der Waals surface area contributed by atoms with E-state index in [0.29, 0.717) is 0 Å². The van der Waals surface area contributed by atoms with E-state index in [0.717, 1.165) is 28.0 Å². The van der Waals surface area contributed by atoms with Gasteiger partial charge in [0.2, 0.25) is 0 Å². The van der Waals surface area contributed by atoms with Crippen molar-refractivity contribution in [3.63, 3.8) is 0 Å². The summed E-state index contributed by atoms with van der Waals surface area (Å²) in [5, 5.41) is 19.3. The molecule has 1 rings (SSSR count). The van der Waals surface area contributed by atoms with Gasteiger partial charge in [0.15, 0.2) is 0 Å². The first-order chi connectivity index (χ1) is 8.18. The van der Waals surface area contributed by atoms with Crippen LogP contribution in [0, 0.1) is 0 Å². The summed E-state index contributed by atoms with van der Waals surface area (Å²) in [4.78, 5) is 0. The monoisotopic (exact) mass is 318 g/mol. The van der Waals surface area contributed by atoms with Crippen LogP contribution in [0.25, 0.3) is 0 Å². The lowest BCUT2D eigenvalue weighted by Crippen LogP contribution is -2.35. The van der Waals surface area contributed by atoms with Crippen LogP contribution < -0.4 is 0 Å². The van der Waals surface area contributed by atoms with Crippen LogP contribution in [0.5, 0.6) is 0 Å². The van der Waals surface area contributed by atoms with Crippen molar-refractivity contribution >= 4 is 27.7 Å². The van der Waals surface area contributed by atoms with Crippen LogP contribution in [0.15, 0.2) is 28.7 Å².